The Kier molecular flexibility index (Phi) is 3.13. The van der Waals surface area contributed by atoms with Crippen LogP contribution in [0.15, 0.2) is 22.6 Å². The quantitative estimate of drug-likeness (QED) is 0.881. The molecule has 1 heterocycles. The topological polar surface area (TPSA) is 63.3 Å². The molecule has 90 valence electrons. The molecule has 0 aliphatic heterocycles. The van der Waals surface area contributed by atoms with Crippen LogP contribution < -0.4 is 0 Å². The molecule has 0 aliphatic carbocycles. The summed E-state index contributed by atoms with van der Waals surface area (Å²) in [5.41, 5.74) is 2.72. The van der Waals surface area contributed by atoms with Crippen LogP contribution in [-0.4, -0.2) is 16.1 Å². The molecule has 4 nitrogen and oxygen atoms in total. The van der Waals surface area contributed by atoms with Crippen molar-refractivity contribution in [1.82, 2.24) is 4.98 Å². The number of benzene rings is 1. The number of carbonyl (C=O) groups is 1. The fourth-order valence-corrected chi connectivity index (χ4v) is 1.84. The summed E-state index contributed by atoms with van der Waals surface area (Å²) in [5, 5.41) is 8.69. The van der Waals surface area contributed by atoms with Crippen LogP contribution in [0.2, 0.25) is 0 Å². The van der Waals surface area contributed by atoms with Crippen molar-refractivity contribution >= 4 is 17.1 Å². The van der Waals surface area contributed by atoms with Crippen molar-refractivity contribution in [3.05, 3.63) is 29.7 Å². The van der Waals surface area contributed by atoms with E-state index in [0.29, 0.717) is 12.3 Å². The molecule has 0 spiro atoms. The van der Waals surface area contributed by atoms with Gasteiger partial charge in [0.15, 0.2) is 11.5 Å². The fourth-order valence-electron chi connectivity index (χ4n) is 1.84. The molecule has 1 aromatic carbocycles. The molecule has 2 aromatic rings. The Morgan fingerprint density at radius 3 is 3.00 bits per heavy atom. The van der Waals surface area contributed by atoms with Crippen LogP contribution in [0.3, 0.4) is 0 Å². The molecule has 0 fully saturated rings. The van der Waals surface area contributed by atoms with Crippen LogP contribution in [0.25, 0.3) is 11.1 Å². The average Bonchev–Trinajstić information content (AvgIpc) is 2.57. The summed E-state index contributed by atoms with van der Waals surface area (Å²) >= 11 is 0. The highest BCUT2D eigenvalue weighted by Crippen LogP contribution is 2.19. The summed E-state index contributed by atoms with van der Waals surface area (Å²) in [5.74, 6) is -0.148. The first kappa shape index (κ1) is 11.6. The van der Waals surface area contributed by atoms with E-state index in [0.717, 1.165) is 16.7 Å². The van der Waals surface area contributed by atoms with E-state index in [4.69, 9.17) is 9.52 Å². The van der Waals surface area contributed by atoms with Crippen molar-refractivity contribution in [2.24, 2.45) is 5.92 Å². The van der Waals surface area contributed by atoms with Gasteiger partial charge in [0.25, 0.3) is 0 Å². The Balaban J connectivity index is 2.16. The van der Waals surface area contributed by atoms with Gasteiger partial charge in [-0.2, -0.15) is 0 Å². The average molecular weight is 233 g/mol. The molecule has 0 amide bonds. The number of aromatic nitrogens is 1. The van der Waals surface area contributed by atoms with Gasteiger partial charge in [0, 0.05) is 12.8 Å². The number of oxazole rings is 1. The minimum Gasteiger partial charge on any atom is -0.481 e. The zero-order valence-corrected chi connectivity index (χ0v) is 9.93. The predicted octanol–water partition coefficient (Wildman–Crippen LogP) is 2.79. The minimum absolute atomic E-state index is 0.0293. The smallest absolute Gasteiger partial charge is 0.303 e. The number of rotatable bonds is 4. The molecule has 0 radical (unpaired) electrons. The second-order valence-electron chi connectivity index (χ2n) is 4.49. The monoisotopic (exact) mass is 233 g/mol. The highest BCUT2D eigenvalue weighted by molar-refractivity contribution is 5.73. The third-order valence-corrected chi connectivity index (χ3v) is 2.63. The second kappa shape index (κ2) is 4.57. The Morgan fingerprint density at radius 1 is 1.53 bits per heavy atom. The molecular weight excluding hydrogens is 218 g/mol. The van der Waals surface area contributed by atoms with Gasteiger partial charge in [-0.25, -0.2) is 4.98 Å². The first-order chi connectivity index (χ1) is 8.04. The first-order valence-corrected chi connectivity index (χ1v) is 5.62. The molecule has 0 aliphatic rings. The van der Waals surface area contributed by atoms with E-state index < -0.39 is 5.97 Å². The number of fused-ring (bicyclic) bond motifs is 1. The van der Waals surface area contributed by atoms with Crippen LogP contribution in [-0.2, 0) is 11.2 Å². The lowest BCUT2D eigenvalue weighted by Gasteiger charge is -2.03. The van der Waals surface area contributed by atoms with Crippen molar-refractivity contribution in [3.63, 3.8) is 0 Å². The van der Waals surface area contributed by atoms with Gasteiger partial charge in [-0.05, 0) is 30.5 Å². The molecule has 2 rings (SSSR count). The van der Waals surface area contributed by atoms with Crippen molar-refractivity contribution in [3.8, 4) is 0 Å². The summed E-state index contributed by atoms with van der Waals surface area (Å²) in [6, 6.07) is 5.84. The normalized spacial score (nSPS) is 12.8. The van der Waals surface area contributed by atoms with Gasteiger partial charge in [0.1, 0.15) is 5.52 Å². The van der Waals surface area contributed by atoms with Crippen molar-refractivity contribution in [2.75, 3.05) is 0 Å². The van der Waals surface area contributed by atoms with E-state index in [-0.39, 0.29) is 12.3 Å². The summed E-state index contributed by atoms with van der Waals surface area (Å²) in [4.78, 5) is 14.9. The molecule has 4 heteroatoms. The maximum atomic E-state index is 10.6. The Morgan fingerprint density at radius 2 is 2.29 bits per heavy atom. The summed E-state index contributed by atoms with van der Waals surface area (Å²) in [6.07, 6.45) is 0.692. The van der Waals surface area contributed by atoms with E-state index >= 15 is 0 Å². The number of aryl methyl sites for hydroxylation is 1. The molecule has 17 heavy (non-hydrogen) atoms. The third kappa shape index (κ3) is 2.84. The number of carboxylic acid groups (broad SMARTS) is 1. The fraction of sp³-hybridized carbons (Fsp3) is 0.385. The number of hydrogen-bond donors (Lipinski definition) is 1. The van der Waals surface area contributed by atoms with Gasteiger partial charge in [-0.3, -0.25) is 4.79 Å². The highest BCUT2D eigenvalue weighted by Gasteiger charge is 2.13. The van der Waals surface area contributed by atoms with Gasteiger partial charge >= 0.3 is 5.97 Å². The Labute approximate surface area is 99.3 Å². The number of aliphatic carboxylic acids is 1. The Bertz CT molecular complexity index is 545. The van der Waals surface area contributed by atoms with Crippen LogP contribution in [0.5, 0.6) is 0 Å². The van der Waals surface area contributed by atoms with Crippen LogP contribution in [0, 0.1) is 12.8 Å². The Hall–Kier alpha value is -1.84. The van der Waals surface area contributed by atoms with E-state index in [1.165, 1.54) is 0 Å². The van der Waals surface area contributed by atoms with Gasteiger partial charge < -0.3 is 9.52 Å². The van der Waals surface area contributed by atoms with E-state index in [2.05, 4.69) is 4.98 Å². The van der Waals surface area contributed by atoms with E-state index in [1.807, 2.05) is 32.0 Å². The molecule has 0 saturated heterocycles. The molecule has 1 atom stereocenters. The summed E-state index contributed by atoms with van der Waals surface area (Å²) in [7, 11) is 0. The lowest BCUT2D eigenvalue weighted by molar-refractivity contribution is -0.137. The maximum absolute atomic E-state index is 10.6. The third-order valence-electron chi connectivity index (χ3n) is 2.63. The van der Waals surface area contributed by atoms with Crippen molar-refractivity contribution in [1.29, 1.82) is 0 Å². The molecule has 1 unspecified atom stereocenters. The number of hydrogen-bond acceptors (Lipinski definition) is 3. The molecular formula is C13H15NO3. The molecule has 0 bridgehead atoms. The molecule has 1 aromatic heterocycles. The maximum Gasteiger partial charge on any atom is 0.303 e. The SMILES string of the molecule is Cc1ccc2nc(CC(C)CC(=O)O)oc2c1. The van der Waals surface area contributed by atoms with Gasteiger partial charge in [0.2, 0.25) is 0 Å². The lowest BCUT2D eigenvalue weighted by atomic mass is 10.0. The summed E-state index contributed by atoms with van der Waals surface area (Å²) < 4.78 is 5.60. The first-order valence-electron chi connectivity index (χ1n) is 5.62. The van der Waals surface area contributed by atoms with E-state index in [1.54, 1.807) is 0 Å². The van der Waals surface area contributed by atoms with Crippen LogP contribution in [0.4, 0.5) is 0 Å². The molecule has 0 saturated carbocycles. The van der Waals surface area contributed by atoms with E-state index in [9.17, 15) is 4.79 Å². The highest BCUT2D eigenvalue weighted by atomic mass is 16.4. The predicted molar refractivity (Wildman–Crippen MR) is 63.9 cm³/mol. The van der Waals surface area contributed by atoms with Crippen molar-refractivity contribution in [2.45, 2.75) is 26.7 Å². The van der Waals surface area contributed by atoms with Gasteiger partial charge in [-0.1, -0.05) is 13.0 Å². The standard InChI is InChI=1S/C13H15NO3/c1-8-3-4-10-11(5-8)17-12(14-10)6-9(2)7-13(15)16/h3-5,9H,6-7H2,1-2H3,(H,15,16). The minimum atomic E-state index is -0.788. The molecule has 1 N–H and O–H groups in total. The second-order valence-corrected chi connectivity index (χ2v) is 4.49. The zero-order chi connectivity index (χ0) is 12.4. The van der Waals surface area contributed by atoms with Crippen LogP contribution in [0.1, 0.15) is 24.8 Å². The van der Waals surface area contributed by atoms with Crippen molar-refractivity contribution < 1.29 is 14.3 Å². The van der Waals surface area contributed by atoms with Gasteiger partial charge in [0.05, 0.1) is 0 Å². The number of nitrogens with zero attached hydrogens (tertiary/aromatic N) is 1. The zero-order valence-electron chi connectivity index (χ0n) is 9.93. The summed E-state index contributed by atoms with van der Waals surface area (Å²) in [6.45, 7) is 3.88. The lowest BCUT2D eigenvalue weighted by Crippen LogP contribution is -2.07. The van der Waals surface area contributed by atoms with Crippen LogP contribution >= 0.6 is 0 Å². The number of carboxylic acids is 1. The van der Waals surface area contributed by atoms with Gasteiger partial charge in [-0.15, -0.1) is 0 Å². The largest absolute Gasteiger partial charge is 0.481 e.